The van der Waals surface area contributed by atoms with E-state index in [1.54, 1.807) is 43.5 Å². The van der Waals surface area contributed by atoms with Crippen LogP contribution in [0.5, 0.6) is 23.0 Å². The van der Waals surface area contributed by atoms with Crippen LogP contribution in [0.25, 0.3) is 5.57 Å². The summed E-state index contributed by atoms with van der Waals surface area (Å²) in [6, 6.07) is 10.5. The van der Waals surface area contributed by atoms with E-state index in [4.69, 9.17) is 18.9 Å². The number of carbonyl (C=O) groups excluding carboxylic acids is 2. The molecule has 162 valence electrons. The number of hydrogen-bond donors (Lipinski definition) is 1. The average molecular weight is 424 g/mol. The third kappa shape index (κ3) is 3.76. The summed E-state index contributed by atoms with van der Waals surface area (Å²) in [4.78, 5) is 27.6. The average Bonchev–Trinajstić information content (AvgIpc) is 3.03. The van der Waals surface area contributed by atoms with E-state index in [9.17, 15) is 9.59 Å². The number of ether oxygens (including phenoxy) is 4. The highest BCUT2D eigenvalue weighted by Crippen LogP contribution is 2.37. The molecular weight excluding hydrogens is 400 g/mol. The summed E-state index contributed by atoms with van der Waals surface area (Å²) in [7, 11) is 3.06. The highest BCUT2D eigenvalue weighted by atomic mass is 16.6. The molecule has 31 heavy (non-hydrogen) atoms. The lowest BCUT2D eigenvalue weighted by molar-refractivity contribution is -0.136. The third-order valence-corrected chi connectivity index (χ3v) is 5.10. The Balaban J connectivity index is 1.77. The second-order valence-electron chi connectivity index (χ2n) is 7.07. The summed E-state index contributed by atoms with van der Waals surface area (Å²) in [5, 5.41) is 3.13. The first kappa shape index (κ1) is 20.6. The first-order chi connectivity index (χ1) is 15.1. The van der Waals surface area contributed by atoms with Crippen LogP contribution < -0.4 is 24.3 Å². The van der Waals surface area contributed by atoms with Crippen molar-refractivity contribution in [3.8, 4) is 23.0 Å². The number of nitrogens with zero attached hydrogens (tertiary/aromatic N) is 1. The molecule has 2 aliphatic heterocycles. The van der Waals surface area contributed by atoms with Gasteiger partial charge in [0.1, 0.15) is 18.9 Å². The number of rotatable bonds is 7. The Morgan fingerprint density at radius 2 is 1.68 bits per heavy atom. The summed E-state index contributed by atoms with van der Waals surface area (Å²) >= 11 is 0. The molecule has 2 heterocycles. The molecule has 0 spiro atoms. The van der Waals surface area contributed by atoms with E-state index >= 15 is 0 Å². The molecule has 2 aromatic rings. The minimum Gasteiger partial charge on any atom is -0.493 e. The topological polar surface area (TPSA) is 86.3 Å². The van der Waals surface area contributed by atoms with Gasteiger partial charge in [-0.2, -0.15) is 0 Å². The monoisotopic (exact) mass is 424 g/mol. The fourth-order valence-corrected chi connectivity index (χ4v) is 3.64. The number of anilines is 1. The van der Waals surface area contributed by atoms with Crippen LogP contribution in [0.4, 0.5) is 5.69 Å². The van der Waals surface area contributed by atoms with Gasteiger partial charge in [-0.1, -0.05) is 13.0 Å². The van der Waals surface area contributed by atoms with Gasteiger partial charge in [0.15, 0.2) is 23.0 Å². The maximum Gasteiger partial charge on any atom is 0.278 e. The Hall–Kier alpha value is -3.68. The Labute approximate surface area is 180 Å². The van der Waals surface area contributed by atoms with Crippen LogP contribution in [0.2, 0.25) is 0 Å². The van der Waals surface area contributed by atoms with Crippen LogP contribution in [-0.2, 0) is 9.59 Å². The van der Waals surface area contributed by atoms with Crippen molar-refractivity contribution in [2.45, 2.75) is 13.3 Å². The zero-order valence-corrected chi connectivity index (χ0v) is 17.7. The lowest BCUT2D eigenvalue weighted by Gasteiger charge is -2.19. The lowest BCUT2D eigenvalue weighted by Crippen LogP contribution is -2.33. The predicted molar refractivity (Wildman–Crippen MR) is 115 cm³/mol. The zero-order chi connectivity index (χ0) is 22.0. The molecule has 0 aromatic heterocycles. The van der Waals surface area contributed by atoms with Crippen molar-refractivity contribution in [2.75, 3.05) is 39.3 Å². The van der Waals surface area contributed by atoms with Gasteiger partial charge in [0.2, 0.25) is 0 Å². The molecular formula is C23H24N2O6. The highest BCUT2D eigenvalue weighted by Gasteiger charge is 2.39. The van der Waals surface area contributed by atoms with Gasteiger partial charge in [0.25, 0.3) is 11.8 Å². The van der Waals surface area contributed by atoms with Crippen LogP contribution in [0.15, 0.2) is 42.1 Å². The van der Waals surface area contributed by atoms with Gasteiger partial charge < -0.3 is 24.3 Å². The van der Waals surface area contributed by atoms with Gasteiger partial charge in [-0.3, -0.25) is 14.5 Å². The number of carbonyl (C=O) groups is 2. The first-order valence-electron chi connectivity index (χ1n) is 10.1. The first-order valence-corrected chi connectivity index (χ1v) is 10.1. The maximum absolute atomic E-state index is 13.2. The number of hydrogen-bond acceptors (Lipinski definition) is 7. The van der Waals surface area contributed by atoms with Gasteiger partial charge >= 0.3 is 0 Å². The van der Waals surface area contributed by atoms with Crippen molar-refractivity contribution in [3.63, 3.8) is 0 Å². The van der Waals surface area contributed by atoms with E-state index in [-0.39, 0.29) is 23.1 Å². The number of methoxy groups -OCH3 is 2. The minimum absolute atomic E-state index is 0.211. The summed E-state index contributed by atoms with van der Waals surface area (Å²) in [6.45, 7) is 3.20. The van der Waals surface area contributed by atoms with Crippen LogP contribution in [-0.4, -0.2) is 50.7 Å². The molecule has 8 nitrogen and oxygen atoms in total. The fourth-order valence-electron chi connectivity index (χ4n) is 3.64. The number of benzene rings is 2. The van der Waals surface area contributed by atoms with Gasteiger partial charge in [-0.25, -0.2) is 0 Å². The van der Waals surface area contributed by atoms with Gasteiger partial charge in [0.05, 0.1) is 19.8 Å². The third-order valence-electron chi connectivity index (χ3n) is 5.10. The Kier molecular flexibility index (Phi) is 5.70. The molecule has 2 amide bonds. The van der Waals surface area contributed by atoms with E-state index < -0.39 is 0 Å². The molecule has 0 saturated heterocycles. The van der Waals surface area contributed by atoms with E-state index in [2.05, 4.69) is 5.32 Å². The van der Waals surface area contributed by atoms with E-state index in [1.165, 1.54) is 12.0 Å². The molecule has 1 N–H and O–H groups in total. The van der Waals surface area contributed by atoms with Crippen LogP contribution >= 0.6 is 0 Å². The number of fused-ring (bicyclic) bond motifs is 1. The molecule has 0 fully saturated rings. The highest BCUT2D eigenvalue weighted by molar-refractivity contribution is 6.36. The Bertz CT molecular complexity index is 1060. The number of amides is 2. The molecule has 0 saturated carbocycles. The molecule has 2 aromatic carbocycles. The molecule has 0 aliphatic carbocycles. The van der Waals surface area contributed by atoms with Crippen LogP contribution in [0.3, 0.4) is 0 Å². The number of imide groups is 1. The summed E-state index contributed by atoms with van der Waals surface area (Å²) < 4.78 is 21.9. The van der Waals surface area contributed by atoms with Crippen molar-refractivity contribution in [1.29, 1.82) is 0 Å². The van der Waals surface area contributed by atoms with Crippen molar-refractivity contribution >= 4 is 23.1 Å². The van der Waals surface area contributed by atoms with Crippen molar-refractivity contribution in [1.82, 2.24) is 4.90 Å². The molecule has 0 unspecified atom stereocenters. The predicted octanol–water partition coefficient (Wildman–Crippen LogP) is 3.08. The van der Waals surface area contributed by atoms with Crippen LogP contribution in [0.1, 0.15) is 18.9 Å². The summed E-state index contributed by atoms with van der Waals surface area (Å²) in [6.07, 6.45) is 0.661. The molecule has 2 aliphatic rings. The second-order valence-corrected chi connectivity index (χ2v) is 7.07. The molecule has 4 rings (SSSR count). The second kappa shape index (κ2) is 8.59. The normalized spacial score (nSPS) is 15.4. The standard InChI is InChI=1S/C23H24N2O6/c1-4-9-25-22(26)20(14-5-7-16(28-2)18(12-14)29-3)21(23(25)27)24-15-6-8-17-19(13-15)31-11-10-30-17/h5-8,12-13,24H,4,9-11H2,1-3H3. The molecule has 0 bridgehead atoms. The van der Waals surface area contributed by atoms with E-state index in [0.717, 1.165) is 0 Å². The van der Waals surface area contributed by atoms with Gasteiger partial charge in [-0.15, -0.1) is 0 Å². The minimum atomic E-state index is -0.369. The Morgan fingerprint density at radius 3 is 2.39 bits per heavy atom. The number of nitrogens with one attached hydrogen (secondary N) is 1. The molecule has 8 heteroatoms. The lowest BCUT2D eigenvalue weighted by atomic mass is 10.0. The van der Waals surface area contributed by atoms with E-state index in [1.807, 2.05) is 6.92 Å². The quantitative estimate of drug-likeness (QED) is 0.684. The molecule has 0 atom stereocenters. The zero-order valence-electron chi connectivity index (χ0n) is 17.7. The smallest absolute Gasteiger partial charge is 0.278 e. The summed E-state index contributed by atoms with van der Waals surface area (Å²) in [5.74, 6) is 1.53. The van der Waals surface area contributed by atoms with Gasteiger partial charge in [-0.05, 0) is 36.2 Å². The molecule has 0 radical (unpaired) electrons. The van der Waals surface area contributed by atoms with Crippen molar-refractivity contribution in [2.24, 2.45) is 0 Å². The maximum atomic E-state index is 13.2. The Morgan fingerprint density at radius 1 is 0.935 bits per heavy atom. The van der Waals surface area contributed by atoms with Crippen LogP contribution in [0, 0.1) is 0 Å². The largest absolute Gasteiger partial charge is 0.493 e. The summed E-state index contributed by atoms with van der Waals surface area (Å²) in [5.41, 5.74) is 1.68. The van der Waals surface area contributed by atoms with Crippen molar-refractivity contribution < 1.29 is 28.5 Å². The van der Waals surface area contributed by atoms with E-state index in [0.29, 0.717) is 60.4 Å². The van der Waals surface area contributed by atoms with Crippen molar-refractivity contribution in [3.05, 3.63) is 47.7 Å². The SMILES string of the molecule is CCCN1C(=O)C(Nc2ccc3c(c2)OCCO3)=C(c2ccc(OC)c(OC)c2)C1=O. The van der Waals surface area contributed by atoms with Gasteiger partial charge in [0, 0.05) is 18.3 Å². The fraction of sp³-hybridized carbons (Fsp3) is 0.304.